The number of nitrogens with zero attached hydrogens (tertiary/aromatic N) is 4. The third-order valence-electron chi connectivity index (χ3n) is 6.27. The van der Waals surface area contributed by atoms with Crippen molar-refractivity contribution in [3.63, 3.8) is 0 Å². The van der Waals surface area contributed by atoms with Gasteiger partial charge in [-0.05, 0) is 36.8 Å². The van der Waals surface area contributed by atoms with Crippen molar-refractivity contribution < 1.29 is 32.6 Å². The topological polar surface area (TPSA) is 87.4 Å². The summed E-state index contributed by atoms with van der Waals surface area (Å²) in [6, 6.07) is 0.582. The molecule has 5 rings (SSSR count). The molecule has 3 aliphatic rings. The summed E-state index contributed by atoms with van der Waals surface area (Å²) in [7, 11) is 0. The predicted molar refractivity (Wildman–Crippen MR) is 106 cm³/mol. The van der Waals surface area contributed by atoms with E-state index in [1.165, 1.54) is 16.0 Å². The number of hydrogen-bond donors (Lipinski definition) is 1. The Morgan fingerprint density at radius 1 is 1.25 bits per heavy atom. The number of aliphatic hydroxyl groups excluding tert-OH is 1. The Bertz CT molecular complexity index is 1100. The standard InChI is InChI=1S/C20H20ClF3N4O4/c21-16-15(18(30)26-4-3-13(14(29)9-26)27-5-6-32-19(27)31)25-17-12(20(22,23)24)7-11(8-28(16)17)10-1-2-10/h7-8,10,13-14,29H,1-6,9H2/t13-,14-/m0/s1. The molecule has 2 aromatic rings. The van der Waals surface area contributed by atoms with Crippen LogP contribution in [-0.4, -0.2) is 74.7 Å². The maximum Gasteiger partial charge on any atom is 0.419 e. The van der Waals surface area contributed by atoms with Crippen LogP contribution in [0.25, 0.3) is 5.65 Å². The number of cyclic esters (lactones) is 1. The van der Waals surface area contributed by atoms with Crippen LogP contribution < -0.4 is 0 Å². The number of imidazole rings is 1. The first-order valence-corrected chi connectivity index (χ1v) is 10.7. The number of carbonyl (C=O) groups is 2. The molecular weight excluding hydrogens is 453 g/mol. The van der Waals surface area contributed by atoms with Gasteiger partial charge in [0.15, 0.2) is 11.3 Å². The van der Waals surface area contributed by atoms with Gasteiger partial charge in [0, 0.05) is 19.3 Å². The number of carbonyl (C=O) groups excluding carboxylic acids is 2. The zero-order chi connectivity index (χ0) is 22.8. The molecule has 3 fully saturated rings. The fourth-order valence-corrected chi connectivity index (χ4v) is 4.70. The van der Waals surface area contributed by atoms with Gasteiger partial charge in [-0.25, -0.2) is 9.78 Å². The van der Waals surface area contributed by atoms with Crippen molar-refractivity contribution >= 4 is 29.2 Å². The van der Waals surface area contributed by atoms with E-state index >= 15 is 0 Å². The molecule has 2 amide bonds. The Hall–Kier alpha value is -2.53. The summed E-state index contributed by atoms with van der Waals surface area (Å²) in [6.07, 6.45) is -2.78. The number of likely N-dealkylation sites (tertiary alicyclic amines) is 1. The minimum Gasteiger partial charge on any atom is -0.448 e. The number of β-amino-alcohol motifs (C(OH)–C–C–N with tert-alkyl or cyclic N) is 1. The second kappa shape index (κ2) is 7.51. The lowest BCUT2D eigenvalue weighted by molar-refractivity contribution is -0.136. The van der Waals surface area contributed by atoms with Crippen molar-refractivity contribution in [2.45, 2.75) is 43.5 Å². The highest BCUT2D eigenvalue weighted by atomic mass is 35.5. The van der Waals surface area contributed by atoms with Gasteiger partial charge in [0.25, 0.3) is 5.91 Å². The molecule has 0 bridgehead atoms. The van der Waals surface area contributed by atoms with Crippen molar-refractivity contribution in [2.75, 3.05) is 26.2 Å². The summed E-state index contributed by atoms with van der Waals surface area (Å²) in [5.74, 6) is -0.620. The fourth-order valence-electron chi connectivity index (χ4n) is 4.45. The van der Waals surface area contributed by atoms with Gasteiger partial charge in [-0.3, -0.25) is 14.1 Å². The molecule has 1 saturated carbocycles. The minimum absolute atomic E-state index is 0.0459. The van der Waals surface area contributed by atoms with Gasteiger partial charge < -0.3 is 14.7 Å². The first kappa shape index (κ1) is 21.3. The molecule has 32 heavy (non-hydrogen) atoms. The molecule has 0 unspecified atom stereocenters. The Kier molecular flexibility index (Phi) is 5.01. The number of fused-ring (bicyclic) bond motifs is 1. The van der Waals surface area contributed by atoms with E-state index in [2.05, 4.69) is 4.98 Å². The number of rotatable bonds is 3. The third kappa shape index (κ3) is 3.57. The average molecular weight is 473 g/mol. The SMILES string of the molecule is O=C(c1nc2c(C(F)(F)F)cc(C3CC3)cn2c1Cl)N1CC[C@H](N2CCOC2=O)[C@@H](O)C1. The number of amides is 2. The van der Waals surface area contributed by atoms with E-state index in [0.29, 0.717) is 18.5 Å². The normalized spacial score (nSPS) is 24.3. The molecule has 172 valence electrons. The van der Waals surface area contributed by atoms with Crippen molar-refractivity contribution in [3.05, 3.63) is 34.2 Å². The lowest BCUT2D eigenvalue weighted by Gasteiger charge is -2.38. The number of pyridine rings is 1. The van der Waals surface area contributed by atoms with Crippen LogP contribution in [-0.2, 0) is 10.9 Å². The maximum absolute atomic E-state index is 13.7. The number of ether oxygens (including phenoxy) is 1. The second-order valence-electron chi connectivity index (χ2n) is 8.39. The molecule has 1 aliphatic carbocycles. The van der Waals surface area contributed by atoms with Crippen molar-refractivity contribution in [3.8, 4) is 0 Å². The smallest absolute Gasteiger partial charge is 0.419 e. The van der Waals surface area contributed by atoms with Gasteiger partial charge in [-0.1, -0.05) is 11.6 Å². The second-order valence-corrected chi connectivity index (χ2v) is 8.74. The van der Waals surface area contributed by atoms with E-state index < -0.39 is 41.5 Å². The first-order chi connectivity index (χ1) is 15.1. The third-order valence-corrected chi connectivity index (χ3v) is 6.63. The van der Waals surface area contributed by atoms with Gasteiger partial charge >= 0.3 is 12.3 Å². The van der Waals surface area contributed by atoms with Crippen LogP contribution in [0.3, 0.4) is 0 Å². The molecule has 8 nitrogen and oxygen atoms in total. The molecule has 0 aromatic carbocycles. The zero-order valence-corrected chi connectivity index (χ0v) is 17.6. The molecule has 2 aliphatic heterocycles. The molecule has 0 radical (unpaired) electrons. The molecule has 2 aromatic heterocycles. The van der Waals surface area contributed by atoms with E-state index in [1.54, 1.807) is 0 Å². The molecule has 2 atom stereocenters. The zero-order valence-electron chi connectivity index (χ0n) is 16.8. The van der Waals surface area contributed by atoms with Gasteiger partial charge in [0.2, 0.25) is 0 Å². The predicted octanol–water partition coefficient (Wildman–Crippen LogP) is 2.91. The number of alkyl halides is 3. The molecule has 4 heterocycles. The summed E-state index contributed by atoms with van der Waals surface area (Å²) in [6.45, 7) is 0.688. The van der Waals surface area contributed by atoms with E-state index in [0.717, 1.165) is 23.3 Å². The molecule has 0 spiro atoms. The van der Waals surface area contributed by atoms with Crippen LogP contribution in [0.1, 0.15) is 46.8 Å². The highest BCUT2D eigenvalue weighted by molar-refractivity contribution is 6.33. The number of halogens is 4. The van der Waals surface area contributed by atoms with Gasteiger partial charge in [-0.2, -0.15) is 13.2 Å². The van der Waals surface area contributed by atoms with Crippen LogP contribution in [0.5, 0.6) is 0 Å². The number of hydrogen-bond acceptors (Lipinski definition) is 5. The van der Waals surface area contributed by atoms with E-state index in [4.69, 9.17) is 16.3 Å². The Morgan fingerprint density at radius 3 is 2.59 bits per heavy atom. The van der Waals surface area contributed by atoms with Crippen LogP contribution in [0.2, 0.25) is 5.15 Å². The van der Waals surface area contributed by atoms with Crippen molar-refractivity contribution in [1.29, 1.82) is 0 Å². The molecular formula is C20H20ClF3N4O4. The van der Waals surface area contributed by atoms with Gasteiger partial charge in [-0.15, -0.1) is 0 Å². The highest BCUT2D eigenvalue weighted by Crippen LogP contribution is 2.43. The van der Waals surface area contributed by atoms with Crippen LogP contribution in [0.4, 0.5) is 18.0 Å². The summed E-state index contributed by atoms with van der Waals surface area (Å²) in [4.78, 5) is 31.6. The highest BCUT2D eigenvalue weighted by Gasteiger charge is 2.41. The maximum atomic E-state index is 13.7. The summed E-state index contributed by atoms with van der Waals surface area (Å²) < 4.78 is 47.1. The van der Waals surface area contributed by atoms with E-state index in [9.17, 15) is 27.9 Å². The number of aromatic nitrogens is 2. The first-order valence-electron chi connectivity index (χ1n) is 10.3. The van der Waals surface area contributed by atoms with Crippen LogP contribution in [0.15, 0.2) is 12.3 Å². The van der Waals surface area contributed by atoms with Gasteiger partial charge in [0.05, 0.1) is 24.3 Å². The monoisotopic (exact) mass is 472 g/mol. The van der Waals surface area contributed by atoms with E-state index in [-0.39, 0.29) is 36.5 Å². The largest absolute Gasteiger partial charge is 0.448 e. The van der Waals surface area contributed by atoms with Crippen LogP contribution >= 0.6 is 11.6 Å². The molecule has 12 heteroatoms. The Labute approximate surface area is 185 Å². The van der Waals surface area contributed by atoms with Crippen molar-refractivity contribution in [1.82, 2.24) is 19.2 Å². The summed E-state index contributed by atoms with van der Waals surface area (Å²) >= 11 is 6.33. The number of piperidine rings is 1. The summed E-state index contributed by atoms with van der Waals surface area (Å²) in [5.41, 5.74) is -1.15. The Balaban J connectivity index is 1.44. The lowest BCUT2D eigenvalue weighted by atomic mass is 10.00. The molecule has 1 N–H and O–H groups in total. The quantitative estimate of drug-likeness (QED) is 0.742. The summed E-state index contributed by atoms with van der Waals surface area (Å²) in [5, 5.41) is 10.3. The molecule has 2 saturated heterocycles. The minimum atomic E-state index is -4.65. The van der Waals surface area contributed by atoms with Crippen LogP contribution in [0, 0.1) is 0 Å². The number of aliphatic hydroxyl groups is 1. The lowest BCUT2D eigenvalue weighted by Crippen LogP contribution is -2.55. The van der Waals surface area contributed by atoms with Gasteiger partial charge in [0.1, 0.15) is 11.8 Å². The average Bonchev–Trinajstić information content (AvgIpc) is 3.43. The van der Waals surface area contributed by atoms with E-state index in [1.807, 2.05) is 0 Å². The van der Waals surface area contributed by atoms with Crippen molar-refractivity contribution in [2.24, 2.45) is 0 Å². The Morgan fingerprint density at radius 2 is 2.00 bits per heavy atom. The fraction of sp³-hybridized carbons (Fsp3) is 0.550.